The Balaban J connectivity index is 1.63. The third-order valence-electron chi connectivity index (χ3n) is 6.85. The summed E-state index contributed by atoms with van der Waals surface area (Å²) in [7, 11) is 0.477. The van der Waals surface area contributed by atoms with E-state index in [-0.39, 0.29) is 11.0 Å². The molecular formula is C29H38O3S2Si. The van der Waals surface area contributed by atoms with E-state index in [9.17, 15) is 0 Å². The normalized spacial score (nSPS) is 17.9. The summed E-state index contributed by atoms with van der Waals surface area (Å²) < 4.78 is 19.8. The lowest BCUT2D eigenvalue weighted by Crippen LogP contribution is -2.46. The number of rotatable bonds is 8. The first-order chi connectivity index (χ1) is 16.7. The highest BCUT2D eigenvalue weighted by atomic mass is 32.2. The van der Waals surface area contributed by atoms with Crippen molar-refractivity contribution >= 4 is 32.1 Å². The van der Waals surface area contributed by atoms with E-state index in [1.54, 1.807) is 0 Å². The average Bonchev–Trinajstić information content (AvgIpc) is 3.32. The third kappa shape index (κ3) is 5.48. The number of methoxy groups -OCH3 is 1. The van der Waals surface area contributed by atoms with E-state index in [0.29, 0.717) is 0 Å². The lowest BCUT2D eigenvalue weighted by molar-refractivity contribution is -0.0925. The molecule has 1 saturated heterocycles. The topological polar surface area (TPSA) is 27.7 Å². The molecule has 0 saturated carbocycles. The maximum atomic E-state index is 6.94. The van der Waals surface area contributed by atoms with E-state index in [0.717, 1.165) is 26.1 Å². The molecule has 1 aromatic heterocycles. The Morgan fingerprint density at radius 2 is 1.51 bits per heavy atom. The maximum Gasteiger partial charge on any atom is 0.172 e. The van der Waals surface area contributed by atoms with Gasteiger partial charge in [-0.1, -0.05) is 75.0 Å². The summed E-state index contributed by atoms with van der Waals surface area (Å²) in [5.74, 6) is 0. The first kappa shape index (κ1) is 26.6. The minimum Gasteiger partial charge on any atom is -0.406 e. The van der Waals surface area contributed by atoms with Crippen LogP contribution in [0.1, 0.15) is 49.6 Å². The van der Waals surface area contributed by atoms with Crippen LogP contribution < -0.4 is 0 Å². The summed E-state index contributed by atoms with van der Waals surface area (Å²) in [6.07, 6.45) is 1.83. The van der Waals surface area contributed by atoms with Crippen LogP contribution in [0.5, 0.6) is 0 Å². The second-order valence-corrected chi connectivity index (χ2v) is 15.3. The van der Waals surface area contributed by atoms with Gasteiger partial charge in [-0.25, -0.2) is 0 Å². The van der Waals surface area contributed by atoms with Crippen LogP contribution in [0, 0.1) is 5.41 Å². The Kier molecular flexibility index (Phi) is 8.31. The highest BCUT2D eigenvalue weighted by Gasteiger charge is 2.46. The van der Waals surface area contributed by atoms with Gasteiger partial charge in [0.15, 0.2) is 9.04 Å². The van der Waals surface area contributed by atoms with Gasteiger partial charge < -0.3 is 13.9 Å². The van der Waals surface area contributed by atoms with Gasteiger partial charge in [0.1, 0.15) is 11.2 Å². The number of hydrogen-bond donors (Lipinski definition) is 0. The van der Waals surface area contributed by atoms with Gasteiger partial charge in [0, 0.05) is 42.9 Å². The maximum absolute atomic E-state index is 6.94. The molecule has 3 nitrogen and oxygen atoms in total. The molecule has 188 valence electrons. The predicted octanol–water partition coefficient (Wildman–Crippen LogP) is 7.84. The van der Waals surface area contributed by atoms with E-state index in [1.165, 1.54) is 25.1 Å². The molecule has 3 aromatic rings. The first-order valence-corrected chi connectivity index (χ1v) is 16.9. The van der Waals surface area contributed by atoms with Crippen molar-refractivity contribution in [1.29, 1.82) is 0 Å². The summed E-state index contributed by atoms with van der Waals surface area (Å²) in [5, 5.41) is 0. The van der Waals surface area contributed by atoms with Crippen LogP contribution in [0.15, 0.2) is 75.8 Å². The second-order valence-electron chi connectivity index (χ2n) is 10.5. The summed E-state index contributed by atoms with van der Waals surface area (Å²) in [6.45, 7) is 12.9. The minimum atomic E-state index is -1.35. The molecule has 4 rings (SSSR count). The summed E-state index contributed by atoms with van der Waals surface area (Å²) in [4.78, 5) is 2.53. The SMILES string of the molecule is COC1(c2ccc(Sc3ccc(C(O[SiH](C)C)(c4ccccc4)C(C)(C)C)cc3)s2)CCOCC1. The Hall–Kier alpha value is -1.41. The van der Waals surface area contributed by atoms with Crippen molar-refractivity contribution in [3.63, 3.8) is 0 Å². The van der Waals surface area contributed by atoms with Crippen LogP contribution in [-0.4, -0.2) is 29.4 Å². The standard InChI is InChI=1S/C29H38O3S2Si/c1-27(2,3)29(32-35(5)6,22-10-8-7-9-11-22)23-12-14-24(15-13-23)33-26-17-16-25(34-26)28(30-4)18-20-31-21-19-28/h7-17,35H,18-21H2,1-6H3. The van der Waals surface area contributed by atoms with Crippen molar-refractivity contribution in [2.75, 3.05) is 20.3 Å². The number of thiophene rings is 1. The highest BCUT2D eigenvalue weighted by Crippen LogP contribution is 2.49. The van der Waals surface area contributed by atoms with Crippen LogP contribution in [0.4, 0.5) is 0 Å². The zero-order chi connectivity index (χ0) is 25.1. The van der Waals surface area contributed by atoms with Gasteiger partial charge in [0.2, 0.25) is 0 Å². The van der Waals surface area contributed by atoms with Crippen molar-refractivity contribution in [2.45, 2.75) is 67.0 Å². The molecular weight excluding hydrogens is 489 g/mol. The zero-order valence-electron chi connectivity index (χ0n) is 21.8. The Morgan fingerprint density at radius 3 is 2.09 bits per heavy atom. The molecule has 0 amide bonds. The van der Waals surface area contributed by atoms with Crippen molar-refractivity contribution < 1.29 is 13.9 Å². The average molecular weight is 527 g/mol. The van der Waals surface area contributed by atoms with E-state index in [1.807, 2.05) is 30.2 Å². The van der Waals surface area contributed by atoms with Crippen LogP contribution >= 0.6 is 23.1 Å². The molecule has 0 aliphatic carbocycles. The van der Waals surface area contributed by atoms with Gasteiger partial charge in [-0.2, -0.15) is 0 Å². The number of ether oxygens (including phenoxy) is 2. The van der Waals surface area contributed by atoms with Gasteiger partial charge in [0.05, 0.1) is 4.21 Å². The summed E-state index contributed by atoms with van der Waals surface area (Å²) in [5.41, 5.74) is 1.64. The molecule has 2 aromatic carbocycles. The second kappa shape index (κ2) is 10.9. The molecule has 0 bridgehead atoms. The lowest BCUT2D eigenvalue weighted by Gasteiger charge is -2.47. The third-order valence-corrected chi connectivity index (χ3v) is 10.1. The van der Waals surface area contributed by atoms with Gasteiger partial charge in [-0.3, -0.25) is 0 Å². The molecule has 0 N–H and O–H groups in total. The number of benzene rings is 2. The summed E-state index contributed by atoms with van der Waals surface area (Å²) >= 11 is 3.66. The lowest BCUT2D eigenvalue weighted by atomic mass is 9.68. The molecule has 1 fully saturated rings. The molecule has 6 heteroatoms. The molecule has 1 aliphatic heterocycles. The fraction of sp³-hybridized carbons (Fsp3) is 0.448. The van der Waals surface area contributed by atoms with E-state index < -0.39 is 14.6 Å². The Labute approximate surface area is 220 Å². The van der Waals surface area contributed by atoms with Crippen LogP contribution in [0.2, 0.25) is 13.1 Å². The summed E-state index contributed by atoms with van der Waals surface area (Å²) in [6, 6.07) is 24.2. The molecule has 0 radical (unpaired) electrons. The fourth-order valence-electron chi connectivity index (χ4n) is 5.12. The van der Waals surface area contributed by atoms with Crippen molar-refractivity contribution in [3.8, 4) is 0 Å². The predicted molar refractivity (Wildman–Crippen MR) is 150 cm³/mol. The van der Waals surface area contributed by atoms with Crippen LogP contribution in [0.3, 0.4) is 0 Å². The molecule has 2 heterocycles. The van der Waals surface area contributed by atoms with Gasteiger partial charge in [0.25, 0.3) is 0 Å². The molecule has 1 unspecified atom stereocenters. The first-order valence-electron chi connectivity index (χ1n) is 12.5. The van der Waals surface area contributed by atoms with Gasteiger partial charge in [-0.15, -0.1) is 11.3 Å². The Morgan fingerprint density at radius 1 is 0.886 bits per heavy atom. The molecule has 35 heavy (non-hydrogen) atoms. The van der Waals surface area contributed by atoms with Crippen molar-refractivity contribution in [3.05, 3.63) is 82.7 Å². The van der Waals surface area contributed by atoms with E-state index >= 15 is 0 Å². The van der Waals surface area contributed by atoms with Crippen molar-refractivity contribution in [1.82, 2.24) is 0 Å². The quantitative estimate of drug-likeness (QED) is 0.279. The Bertz CT molecular complexity index is 1080. The monoisotopic (exact) mass is 526 g/mol. The smallest absolute Gasteiger partial charge is 0.172 e. The largest absolute Gasteiger partial charge is 0.406 e. The molecule has 0 spiro atoms. The molecule has 1 atom stereocenters. The van der Waals surface area contributed by atoms with E-state index in [4.69, 9.17) is 13.9 Å². The van der Waals surface area contributed by atoms with Crippen LogP contribution in [0.25, 0.3) is 0 Å². The minimum absolute atomic E-state index is 0.110. The molecule has 1 aliphatic rings. The zero-order valence-corrected chi connectivity index (χ0v) is 24.6. The van der Waals surface area contributed by atoms with Crippen LogP contribution in [-0.2, 0) is 25.1 Å². The number of hydrogen-bond acceptors (Lipinski definition) is 5. The van der Waals surface area contributed by atoms with Gasteiger partial charge in [-0.05, 0) is 53.9 Å². The highest BCUT2D eigenvalue weighted by molar-refractivity contribution is 8.01. The van der Waals surface area contributed by atoms with E-state index in [2.05, 4.69) is 101 Å². The fourth-order valence-corrected chi connectivity index (χ4v) is 8.78. The van der Waals surface area contributed by atoms with Gasteiger partial charge >= 0.3 is 0 Å². The van der Waals surface area contributed by atoms with Crippen molar-refractivity contribution in [2.24, 2.45) is 5.41 Å².